The number of halogens is 3. The number of amides is 2. The number of nitrogens with zero attached hydrogens (tertiary/aromatic N) is 5. The van der Waals surface area contributed by atoms with E-state index in [0.29, 0.717) is 61.7 Å². The first-order valence-electron chi connectivity index (χ1n) is 16.2. The van der Waals surface area contributed by atoms with Gasteiger partial charge in [0, 0.05) is 50.9 Å². The number of likely N-dealkylation sites (tertiary alicyclic amines) is 1. The van der Waals surface area contributed by atoms with Gasteiger partial charge in [-0.15, -0.1) is 0 Å². The van der Waals surface area contributed by atoms with Gasteiger partial charge in [0.25, 0.3) is 5.91 Å². The number of carbonyl (C=O) groups excluding carboxylic acids is 2. The molecule has 1 saturated carbocycles. The average molecular weight is 646 g/mol. The molecule has 0 atom stereocenters. The average Bonchev–Trinajstić information content (AvgIpc) is 3.91. The van der Waals surface area contributed by atoms with E-state index < -0.39 is 22.9 Å². The molecule has 0 radical (unpaired) electrons. The summed E-state index contributed by atoms with van der Waals surface area (Å²) in [4.78, 5) is 37.1. The Balaban J connectivity index is 1.28. The van der Waals surface area contributed by atoms with Crippen LogP contribution in [0.2, 0.25) is 0 Å². The minimum absolute atomic E-state index is 0.147. The van der Waals surface area contributed by atoms with E-state index >= 15 is 0 Å². The van der Waals surface area contributed by atoms with Crippen LogP contribution in [0.3, 0.4) is 0 Å². The zero-order chi connectivity index (χ0) is 33.1. The number of carbonyl (C=O) groups is 2. The molecule has 1 saturated heterocycles. The zero-order valence-corrected chi connectivity index (χ0v) is 26.2. The molecule has 246 valence electrons. The molecule has 2 amide bonds. The van der Waals surface area contributed by atoms with E-state index in [0.717, 1.165) is 18.4 Å². The number of hydrogen-bond donors (Lipinski definition) is 0. The number of hydrogen-bond acceptors (Lipinski definition) is 6. The summed E-state index contributed by atoms with van der Waals surface area (Å²) in [5, 5.41) is 9.30. The Kier molecular flexibility index (Phi) is 9.13. The molecule has 1 aromatic heterocycles. The molecule has 0 unspecified atom stereocenters. The number of ether oxygens (including phenoxy) is 1. The Bertz CT molecular complexity index is 1610. The van der Waals surface area contributed by atoms with Gasteiger partial charge in [0.05, 0.1) is 17.7 Å². The lowest BCUT2D eigenvalue weighted by atomic mass is 9.75. The number of fused-ring (bicyclic) bond motifs is 1. The van der Waals surface area contributed by atoms with Crippen LogP contribution in [0.4, 0.5) is 19.0 Å². The third-order valence-corrected chi connectivity index (χ3v) is 9.94. The monoisotopic (exact) mass is 645 g/mol. The first-order chi connectivity index (χ1) is 22.6. The third-order valence-electron chi connectivity index (χ3n) is 9.94. The van der Waals surface area contributed by atoms with E-state index in [9.17, 15) is 28.0 Å². The highest BCUT2D eigenvalue weighted by atomic mass is 19.4. The second kappa shape index (κ2) is 13.3. The van der Waals surface area contributed by atoms with Gasteiger partial charge in [0.15, 0.2) is 0 Å². The van der Waals surface area contributed by atoms with Gasteiger partial charge >= 0.3 is 6.18 Å². The zero-order valence-electron chi connectivity index (χ0n) is 26.2. The van der Waals surface area contributed by atoms with E-state index in [4.69, 9.17) is 4.74 Å². The molecule has 11 heteroatoms. The second-order valence-electron chi connectivity index (χ2n) is 13.0. The summed E-state index contributed by atoms with van der Waals surface area (Å²) in [5.41, 5.74) is -0.741. The quantitative estimate of drug-likeness (QED) is 0.335. The van der Waals surface area contributed by atoms with Gasteiger partial charge in [-0.3, -0.25) is 9.59 Å². The summed E-state index contributed by atoms with van der Waals surface area (Å²) in [6, 6.07) is 22.6. The highest BCUT2D eigenvalue weighted by Gasteiger charge is 2.69. The van der Waals surface area contributed by atoms with Gasteiger partial charge in [0.2, 0.25) is 5.91 Å². The number of para-hydroxylation sites is 1. The summed E-state index contributed by atoms with van der Waals surface area (Å²) in [7, 11) is 0. The van der Waals surface area contributed by atoms with Crippen molar-refractivity contribution in [3.05, 3.63) is 89.6 Å². The third kappa shape index (κ3) is 6.92. The standard InChI is InChI=1S/C36H38F3N5O3/c37-36(38,39)35(14-15-35)33(46)43-19-16-34(17-20-43)13-6-18-42(31-12-11-28(23-40)24-41-31)21-22-44(25-27-7-2-1-3-8-27)32(45)29-9-4-5-10-30(29)47-26-34/h1-5,7-12,24H,6,13-22,25-26H2. The predicted octanol–water partition coefficient (Wildman–Crippen LogP) is 6.23. The molecule has 6 rings (SSSR count). The Morgan fingerprint density at radius 2 is 1.62 bits per heavy atom. The van der Waals surface area contributed by atoms with E-state index in [1.54, 1.807) is 29.2 Å². The molecular formula is C36H38F3N5O3. The van der Waals surface area contributed by atoms with Gasteiger partial charge < -0.3 is 19.4 Å². The second-order valence-corrected chi connectivity index (χ2v) is 13.0. The van der Waals surface area contributed by atoms with Crippen molar-refractivity contribution < 1.29 is 27.5 Å². The fourth-order valence-electron chi connectivity index (χ4n) is 6.79. The smallest absolute Gasteiger partial charge is 0.403 e. The van der Waals surface area contributed by atoms with Crippen LogP contribution in [0.15, 0.2) is 72.9 Å². The lowest BCUT2D eigenvalue weighted by Gasteiger charge is -2.43. The number of anilines is 1. The van der Waals surface area contributed by atoms with E-state index in [1.807, 2.05) is 42.5 Å². The van der Waals surface area contributed by atoms with Gasteiger partial charge in [-0.05, 0) is 68.4 Å². The van der Waals surface area contributed by atoms with Crippen molar-refractivity contribution in [2.75, 3.05) is 44.2 Å². The van der Waals surface area contributed by atoms with Crippen LogP contribution in [0.5, 0.6) is 5.75 Å². The lowest BCUT2D eigenvalue weighted by molar-refractivity contribution is -0.199. The SMILES string of the molecule is N#Cc1ccc(N2CCCC3(CCN(C(=O)C4(C(F)(F)F)CC4)CC3)COc3ccccc3C(=O)N(Cc3ccccc3)CC2)nc1. The molecule has 0 N–H and O–H groups in total. The minimum atomic E-state index is -4.54. The fraction of sp³-hybridized carbons (Fsp3) is 0.444. The van der Waals surface area contributed by atoms with Crippen LogP contribution < -0.4 is 9.64 Å². The van der Waals surface area contributed by atoms with E-state index in [-0.39, 0.29) is 38.4 Å². The van der Waals surface area contributed by atoms with Crippen molar-refractivity contribution in [1.82, 2.24) is 14.8 Å². The Morgan fingerprint density at radius 1 is 0.894 bits per heavy atom. The molecule has 47 heavy (non-hydrogen) atoms. The highest BCUT2D eigenvalue weighted by molar-refractivity contribution is 5.97. The van der Waals surface area contributed by atoms with Gasteiger partial charge in [0.1, 0.15) is 23.1 Å². The minimum Gasteiger partial charge on any atom is -0.492 e. The summed E-state index contributed by atoms with van der Waals surface area (Å²) >= 11 is 0. The largest absolute Gasteiger partial charge is 0.492 e. The summed E-state index contributed by atoms with van der Waals surface area (Å²) in [5.74, 6) is 0.178. The molecule has 2 aromatic carbocycles. The Labute approximate surface area is 272 Å². The van der Waals surface area contributed by atoms with Crippen molar-refractivity contribution in [2.45, 2.75) is 51.2 Å². The van der Waals surface area contributed by atoms with E-state index in [2.05, 4.69) is 16.0 Å². The van der Waals surface area contributed by atoms with E-state index in [1.165, 1.54) is 11.1 Å². The van der Waals surface area contributed by atoms with Gasteiger partial charge in [-0.2, -0.15) is 18.4 Å². The van der Waals surface area contributed by atoms with Crippen LogP contribution in [-0.4, -0.2) is 72.1 Å². The molecule has 1 aliphatic carbocycles. The first kappa shape index (κ1) is 32.4. The maximum absolute atomic E-state index is 14.2. The topological polar surface area (TPSA) is 89.8 Å². The normalized spacial score (nSPS) is 19.8. The lowest BCUT2D eigenvalue weighted by Crippen LogP contribution is -2.50. The summed E-state index contributed by atoms with van der Waals surface area (Å²) in [6.07, 6.45) is -0.848. The molecule has 2 fully saturated rings. The number of benzene rings is 2. The highest BCUT2D eigenvalue weighted by Crippen LogP contribution is 2.59. The van der Waals surface area contributed by atoms with Crippen LogP contribution >= 0.6 is 0 Å². The molecule has 0 bridgehead atoms. The van der Waals surface area contributed by atoms with Crippen molar-refractivity contribution >= 4 is 17.6 Å². The molecule has 1 spiro atoms. The van der Waals surface area contributed by atoms with Gasteiger partial charge in [-0.25, -0.2) is 4.98 Å². The number of piperidine rings is 1. The van der Waals surface area contributed by atoms with Crippen molar-refractivity contribution in [3.63, 3.8) is 0 Å². The molecule has 2 aliphatic heterocycles. The number of aromatic nitrogens is 1. The molecular weight excluding hydrogens is 607 g/mol. The van der Waals surface area contributed by atoms with Crippen molar-refractivity contribution in [1.29, 1.82) is 5.26 Å². The molecule has 3 heterocycles. The number of alkyl halides is 3. The maximum atomic E-state index is 14.2. The van der Waals surface area contributed by atoms with Crippen LogP contribution in [0.1, 0.15) is 60.0 Å². The predicted molar refractivity (Wildman–Crippen MR) is 169 cm³/mol. The van der Waals surface area contributed by atoms with Gasteiger partial charge in [-0.1, -0.05) is 42.5 Å². The Morgan fingerprint density at radius 3 is 2.28 bits per heavy atom. The number of pyridine rings is 1. The summed E-state index contributed by atoms with van der Waals surface area (Å²) < 4.78 is 47.7. The number of rotatable bonds is 4. The van der Waals surface area contributed by atoms with Crippen LogP contribution in [0.25, 0.3) is 0 Å². The maximum Gasteiger partial charge on any atom is 0.403 e. The Hall–Kier alpha value is -4.59. The van der Waals surface area contributed by atoms with Crippen LogP contribution in [-0.2, 0) is 11.3 Å². The first-order valence-corrected chi connectivity index (χ1v) is 16.2. The molecule has 8 nitrogen and oxygen atoms in total. The van der Waals surface area contributed by atoms with Crippen molar-refractivity contribution in [2.24, 2.45) is 10.8 Å². The fourth-order valence-corrected chi connectivity index (χ4v) is 6.79. The molecule has 3 aliphatic rings. The van der Waals surface area contributed by atoms with Crippen molar-refractivity contribution in [3.8, 4) is 11.8 Å². The summed E-state index contributed by atoms with van der Waals surface area (Å²) in [6.45, 7) is 2.65. The number of nitriles is 1. The molecule has 3 aromatic rings. The van der Waals surface area contributed by atoms with Crippen LogP contribution in [0, 0.1) is 22.2 Å².